The molecule has 246 valence electrons. The summed E-state index contributed by atoms with van der Waals surface area (Å²) in [6, 6.07) is 15.3. The monoisotopic (exact) mass is 632 g/mol. The minimum Gasteiger partial charge on any atom is -0.444 e. The SMILES string of the molecule is CC(C)C(OP(=O)(OC(C(C)C)C(C)C)[C@@](C)([C@H](NC(=O)OC(C)(C)C)c1ccc(-c2ccccc2)cc1)[N+](=O)[O-])C(C)C. The third kappa shape index (κ3) is 9.15. The van der Waals surface area contributed by atoms with Crippen LogP contribution < -0.4 is 5.32 Å². The Labute approximate surface area is 264 Å². The summed E-state index contributed by atoms with van der Waals surface area (Å²) in [5.41, 5.74) is 1.31. The second-order valence-electron chi connectivity index (χ2n) is 14.0. The van der Waals surface area contributed by atoms with Gasteiger partial charge in [0.05, 0.1) is 12.2 Å². The number of nitrogens with zero attached hydrogens (tertiary/aromatic N) is 1. The van der Waals surface area contributed by atoms with Gasteiger partial charge in [0, 0.05) is 11.8 Å². The van der Waals surface area contributed by atoms with Crippen LogP contribution in [0.3, 0.4) is 0 Å². The zero-order valence-corrected chi connectivity index (χ0v) is 29.4. The van der Waals surface area contributed by atoms with Crippen LogP contribution in [0.5, 0.6) is 0 Å². The molecule has 2 aromatic carbocycles. The lowest BCUT2D eigenvalue weighted by Crippen LogP contribution is -2.52. The highest BCUT2D eigenvalue weighted by Gasteiger charge is 2.66. The average Bonchev–Trinajstić information content (AvgIpc) is 2.91. The van der Waals surface area contributed by atoms with Crippen LogP contribution in [0.15, 0.2) is 54.6 Å². The summed E-state index contributed by atoms with van der Waals surface area (Å²) in [4.78, 5) is 26.0. The van der Waals surface area contributed by atoms with Crippen molar-refractivity contribution in [2.45, 2.75) is 112 Å². The molecule has 2 rings (SSSR count). The standard InChI is InChI=1S/C34H53N2O7P/c1-22(2)29(23(3)4)42-44(40,43-30(24(5)6)25(7)8)34(12,36(38)39)31(35-32(37)41-33(9,10)11)28-20-18-27(19-21-28)26-16-14-13-15-17-26/h13-25,29-31H,1-12H3,(H,35,37)/t31-,34+/m1/s1. The number of nitro groups is 1. The molecule has 0 saturated carbocycles. The van der Waals surface area contributed by atoms with E-state index in [1.165, 1.54) is 6.92 Å². The van der Waals surface area contributed by atoms with Crippen molar-refractivity contribution < 1.29 is 28.1 Å². The van der Waals surface area contributed by atoms with Crippen molar-refractivity contribution in [2.24, 2.45) is 23.7 Å². The fourth-order valence-electron chi connectivity index (χ4n) is 5.41. The first kappa shape index (κ1) is 37.4. The second-order valence-corrected chi connectivity index (χ2v) is 16.4. The maximum atomic E-state index is 15.4. The Kier molecular flexibility index (Phi) is 12.8. The van der Waals surface area contributed by atoms with Crippen LogP contribution >= 0.6 is 7.60 Å². The summed E-state index contributed by atoms with van der Waals surface area (Å²) in [5.74, 6) is -0.493. The van der Waals surface area contributed by atoms with Gasteiger partial charge in [0.2, 0.25) is 0 Å². The van der Waals surface area contributed by atoms with E-state index in [1.807, 2.05) is 97.9 Å². The van der Waals surface area contributed by atoms with Crippen LogP contribution in [0.25, 0.3) is 11.1 Å². The van der Waals surface area contributed by atoms with Crippen molar-refractivity contribution in [1.82, 2.24) is 5.32 Å². The van der Waals surface area contributed by atoms with E-state index >= 15 is 4.57 Å². The molecule has 0 aliphatic rings. The Morgan fingerprint density at radius 2 is 1.16 bits per heavy atom. The molecule has 10 heteroatoms. The third-order valence-electron chi connectivity index (χ3n) is 7.63. The maximum absolute atomic E-state index is 15.4. The minimum absolute atomic E-state index is 0.123. The van der Waals surface area contributed by atoms with Gasteiger partial charge in [-0.05, 0) is 61.1 Å². The molecule has 0 spiro atoms. The van der Waals surface area contributed by atoms with E-state index in [2.05, 4.69) is 5.32 Å². The highest BCUT2D eigenvalue weighted by molar-refractivity contribution is 7.55. The molecule has 1 amide bonds. The van der Waals surface area contributed by atoms with E-state index < -0.39 is 47.7 Å². The van der Waals surface area contributed by atoms with Gasteiger partial charge in [-0.3, -0.25) is 23.7 Å². The van der Waals surface area contributed by atoms with Crippen LogP contribution in [0.2, 0.25) is 0 Å². The van der Waals surface area contributed by atoms with Gasteiger partial charge in [0.1, 0.15) is 11.6 Å². The molecular weight excluding hydrogens is 579 g/mol. The molecule has 0 radical (unpaired) electrons. The highest BCUT2D eigenvalue weighted by atomic mass is 31.2. The zero-order chi connectivity index (χ0) is 33.6. The lowest BCUT2D eigenvalue weighted by atomic mass is 9.97. The molecule has 0 aliphatic heterocycles. The summed E-state index contributed by atoms with van der Waals surface area (Å²) in [6.07, 6.45) is -2.13. The molecule has 0 heterocycles. The molecule has 0 saturated heterocycles. The predicted octanol–water partition coefficient (Wildman–Crippen LogP) is 9.50. The van der Waals surface area contributed by atoms with Gasteiger partial charge in [0.15, 0.2) is 0 Å². The van der Waals surface area contributed by atoms with Crippen LogP contribution in [-0.2, 0) is 18.3 Å². The smallest absolute Gasteiger partial charge is 0.409 e. The number of hydrogen-bond donors (Lipinski definition) is 1. The van der Waals surface area contributed by atoms with E-state index in [0.717, 1.165) is 11.1 Å². The predicted molar refractivity (Wildman–Crippen MR) is 176 cm³/mol. The number of amides is 1. The number of carbonyl (C=O) groups excluding carboxylic acids is 1. The molecular formula is C34H53N2O7P. The lowest BCUT2D eigenvalue weighted by molar-refractivity contribution is -0.546. The van der Waals surface area contributed by atoms with E-state index in [4.69, 9.17) is 13.8 Å². The van der Waals surface area contributed by atoms with Crippen LogP contribution in [-0.4, -0.2) is 34.1 Å². The van der Waals surface area contributed by atoms with Crippen molar-refractivity contribution in [3.05, 3.63) is 70.3 Å². The van der Waals surface area contributed by atoms with Gasteiger partial charge in [-0.25, -0.2) is 4.79 Å². The van der Waals surface area contributed by atoms with E-state index in [1.54, 1.807) is 32.9 Å². The molecule has 2 aromatic rings. The molecule has 0 bridgehead atoms. The quantitative estimate of drug-likeness (QED) is 0.125. The summed E-state index contributed by atoms with van der Waals surface area (Å²) in [6.45, 7) is 21.7. The van der Waals surface area contributed by atoms with Crippen molar-refractivity contribution in [3.63, 3.8) is 0 Å². The normalized spacial score (nSPS) is 14.9. The number of carbonyl (C=O) groups is 1. The minimum atomic E-state index is -4.69. The Balaban J connectivity index is 2.86. The summed E-state index contributed by atoms with van der Waals surface area (Å²) >= 11 is 0. The zero-order valence-electron chi connectivity index (χ0n) is 28.5. The van der Waals surface area contributed by atoms with E-state index in [0.29, 0.717) is 5.56 Å². The third-order valence-corrected chi connectivity index (χ3v) is 10.2. The number of hydrogen-bond acceptors (Lipinski definition) is 7. The number of nitrogens with one attached hydrogen (secondary N) is 1. The van der Waals surface area contributed by atoms with Gasteiger partial charge in [-0.2, -0.15) is 0 Å². The van der Waals surface area contributed by atoms with Crippen molar-refractivity contribution in [1.29, 1.82) is 0 Å². The Hall–Kier alpha value is -2.74. The van der Waals surface area contributed by atoms with Crippen LogP contribution in [0.1, 0.15) is 94.7 Å². The van der Waals surface area contributed by atoms with Crippen LogP contribution in [0, 0.1) is 33.8 Å². The number of ether oxygens (including phenoxy) is 1. The summed E-state index contributed by atoms with van der Waals surface area (Å²) in [7, 11) is -4.69. The molecule has 1 N–H and O–H groups in total. The van der Waals surface area contributed by atoms with Crippen molar-refractivity contribution >= 4 is 13.7 Å². The topological polar surface area (TPSA) is 117 Å². The fourth-order valence-corrected chi connectivity index (χ4v) is 8.23. The first-order chi connectivity index (χ1) is 20.2. The summed E-state index contributed by atoms with van der Waals surface area (Å²) < 4.78 is 33.7. The number of alkyl carbamates (subject to hydrolysis) is 1. The molecule has 0 aromatic heterocycles. The fraction of sp³-hybridized carbons (Fsp3) is 0.618. The number of benzene rings is 2. The largest absolute Gasteiger partial charge is 0.444 e. The van der Waals surface area contributed by atoms with Gasteiger partial charge in [-0.15, -0.1) is 0 Å². The molecule has 0 unspecified atom stereocenters. The van der Waals surface area contributed by atoms with Gasteiger partial charge in [0.25, 0.3) is 0 Å². The highest BCUT2D eigenvalue weighted by Crippen LogP contribution is 2.67. The van der Waals surface area contributed by atoms with Gasteiger partial charge >= 0.3 is 19.0 Å². The second kappa shape index (κ2) is 15.0. The molecule has 0 fully saturated rings. The first-order valence-electron chi connectivity index (χ1n) is 15.5. The summed E-state index contributed by atoms with van der Waals surface area (Å²) in [5, 5.41) is 13.6. The lowest BCUT2D eigenvalue weighted by Gasteiger charge is -2.41. The van der Waals surface area contributed by atoms with Crippen molar-refractivity contribution in [2.75, 3.05) is 0 Å². The molecule has 9 nitrogen and oxygen atoms in total. The van der Waals surface area contributed by atoms with Crippen molar-refractivity contribution in [3.8, 4) is 11.1 Å². The maximum Gasteiger partial charge on any atom is 0.409 e. The van der Waals surface area contributed by atoms with Crippen LogP contribution in [0.4, 0.5) is 4.79 Å². The average molecular weight is 633 g/mol. The Bertz CT molecular complexity index is 1230. The first-order valence-corrected chi connectivity index (χ1v) is 17.0. The molecule has 44 heavy (non-hydrogen) atoms. The Morgan fingerprint density at radius 3 is 1.52 bits per heavy atom. The van der Waals surface area contributed by atoms with Gasteiger partial charge in [-0.1, -0.05) is 110 Å². The van der Waals surface area contributed by atoms with E-state index in [-0.39, 0.29) is 23.7 Å². The molecule has 2 atom stereocenters. The Morgan fingerprint density at radius 1 is 0.750 bits per heavy atom. The molecule has 0 aliphatic carbocycles. The number of rotatable bonds is 14. The van der Waals surface area contributed by atoms with E-state index in [9.17, 15) is 14.9 Å². The van der Waals surface area contributed by atoms with Gasteiger partial charge < -0.3 is 10.1 Å².